The zero-order valence-electron chi connectivity index (χ0n) is 87.1. The van der Waals surface area contributed by atoms with Gasteiger partial charge in [-0.2, -0.15) is 17.2 Å². The van der Waals surface area contributed by atoms with Gasteiger partial charge in [0.25, 0.3) is 0 Å². The van der Waals surface area contributed by atoms with Crippen molar-refractivity contribution in [2.45, 2.75) is 138 Å². The number of aromatic nitrogens is 16. The van der Waals surface area contributed by atoms with Crippen LogP contribution in [0.1, 0.15) is 113 Å². The fourth-order valence-corrected chi connectivity index (χ4v) is 18.3. The molecule has 0 fully saturated rings. The molecule has 20 rings (SSSR count). The van der Waals surface area contributed by atoms with E-state index in [-0.39, 0.29) is 101 Å². The zero-order chi connectivity index (χ0) is 102. The van der Waals surface area contributed by atoms with Gasteiger partial charge in [-0.25, -0.2) is 9.48 Å². The molecule has 8 heterocycles. The van der Waals surface area contributed by atoms with E-state index in [2.05, 4.69) is 355 Å². The molecule has 0 aliphatic rings. The molecule has 26 heteroatoms. The first kappa shape index (κ1) is 116. The predicted octanol–water partition coefficient (Wildman–Crippen LogP) is 27.1. The number of hydrogen-bond donors (Lipinski definition) is 0. The molecule has 12 aromatic carbocycles. The van der Waals surface area contributed by atoms with Crippen LogP contribution in [0, 0.1) is 168 Å². The van der Waals surface area contributed by atoms with Crippen molar-refractivity contribution in [2.24, 2.45) is 7.05 Å². The molecule has 20 aromatic rings. The van der Waals surface area contributed by atoms with Crippen molar-refractivity contribution in [3.63, 3.8) is 0 Å². The van der Waals surface area contributed by atoms with E-state index < -0.39 is 5.97 Å². The van der Waals surface area contributed by atoms with Crippen molar-refractivity contribution in [3.05, 3.63) is 429 Å². The molecule has 148 heavy (non-hydrogen) atoms. The van der Waals surface area contributed by atoms with E-state index in [1.165, 1.54) is 95.3 Å². The van der Waals surface area contributed by atoms with Crippen LogP contribution in [-0.2, 0) is 112 Å². The molecule has 0 aliphatic heterocycles. The van der Waals surface area contributed by atoms with Gasteiger partial charge in [0.05, 0.1) is 48.8 Å². The third kappa shape index (κ3) is 26.3. The SMILES string of the molecule is C=C(C)C(=O)Oc1c[c-]c(-c2nnnn2-c2c(C)c(C)c(C)c(C)c2C)cc1.COc1cc(C)c(-n2ccnc2-c2[c-]cccc2)c(C)c1.COc1cc(C)c(-n2ccnc2-c2[c-]cncc2)c(C)c1.Cc1cc(C)c(-n2cc(-c3c(C)cccc3C)nc2-c2[c-]con2)c(C)c1.Cc1cccc(C)c1-c1cc[c-]c(-c2nccn2C)c1.Cc1ccccc1-n1cc(-c2c(C)cccc2C)nc1-c1[c-]cccc1.[Ir].[Ir].[Ir].[Ir].[Ir]. The Labute approximate surface area is 936 Å². The van der Waals surface area contributed by atoms with E-state index in [0.29, 0.717) is 28.4 Å². The van der Waals surface area contributed by atoms with Gasteiger partial charge in [0.1, 0.15) is 17.3 Å². The second-order valence-corrected chi connectivity index (χ2v) is 35.8. The largest absolute Gasteiger partial charge is 0.497 e. The molecule has 0 bridgehead atoms. The first-order valence-corrected chi connectivity index (χ1v) is 47.1. The number of pyridine rings is 1. The summed E-state index contributed by atoms with van der Waals surface area (Å²) in [5.74, 6) is 6.58. The first-order valence-electron chi connectivity index (χ1n) is 47.1. The predicted molar refractivity (Wildman–Crippen MR) is 570 cm³/mol. The summed E-state index contributed by atoms with van der Waals surface area (Å²) in [5, 5.41) is 16.4. The summed E-state index contributed by atoms with van der Waals surface area (Å²) < 4.78 is 33.2. The van der Waals surface area contributed by atoms with Crippen LogP contribution >= 0.6 is 0 Å². The van der Waals surface area contributed by atoms with Gasteiger partial charge < -0.3 is 51.5 Å². The first-order chi connectivity index (χ1) is 68.9. The third-order valence-electron chi connectivity index (χ3n) is 25.5. The average molecular weight is 2850 g/mol. The number of carbonyl (C=O) groups is 1. The summed E-state index contributed by atoms with van der Waals surface area (Å²) in [7, 11) is 5.37. The summed E-state index contributed by atoms with van der Waals surface area (Å²) in [6.45, 7) is 45.4. The molecule has 5 radical (unpaired) electrons. The molecular weight excluding hydrogens is 2730 g/mol. The number of aryl methyl sites for hydroxylation is 15. The molecule has 0 N–H and O–H groups in total. The Kier molecular flexibility index (Phi) is 41.3. The quantitative estimate of drug-likeness (QED) is 0.0338. The Morgan fingerprint density at radius 3 is 1.30 bits per heavy atom. The van der Waals surface area contributed by atoms with Crippen LogP contribution in [0.3, 0.4) is 0 Å². The van der Waals surface area contributed by atoms with E-state index in [4.69, 9.17) is 28.7 Å². The van der Waals surface area contributed by atoms with Gasteiger partial charge in [0, 0.05) is 220 Å². The number of esters is 1. The number of ether oxygens (including phenoxy) is 3. The monoisotopic (exact) mass is 2850 g/mol. The van der Waals surface area contributed by atoms with Crippen LogP contribution in [0.4, 0.5) is 0 Å². The van der Waals surface area contributed by atoms with Gasteiger partial charge in [0.2, 0.25) is 0 Å². The number of carbonyl (C=O) groups excluding carboxylic acids is 1. The second-order valence-electron chi connectivity index (χ2n) is 35.8. The smallest absolute Gasteiger partial charge is 0.329 e. The Morgan fingerprint density at radius 1 is 0.378 bits per heavy atom. The Morgan fingerprint density at radius 2 is 0.831 bits per heavy atom. The fourth-order valence-electron chi connectivity index (χ4n) is 18.3. The minimum absolute atomic E-state index is 0. The van der Waals surface area contributed by atoms with Crippen molar-refractivity contribution in [2.75, 3.05) is 14.2 Å². The average Bonchev–Trinajstić information content (AvgIpc) is 1.65. The molecule has 21 nitrogen and oxygen atoms in total. The zero-order valence-corrected chi connectivity index (χ0v) is 99.0. The molecule has 0 saturated carbocycles. The van der Waals surface area contributed by atoms with Crippen LogP contribution in [0.25, 0.3) is 131 Å². The summed E-state index contributed by atoms with van der Waals surface area (Å²) >= 11 is 0. The third-order valence-corrected chi connectivity index (χ3v) is 25.5. The normalized spacial score (nSPS) is 10.5. The molecule has 8 aromatic heterocycles. The molecular formula is C122H116Ir5N16O5-6. The summed E-state index contributed by atoms with van der Waals surface area (Å²) in [6.07, 6.45) is 20.4. The number of nitrogens with zero attached hydrogens (tertiary/aromatic N) is 16. The summed E-state index contributed by atoms with van der Waals surface area (Å²) in [6, 6.07) is 88.3. The van der Waals surface area contributed by atoms with E-state index in [9.17, 15) is 4.79 Å². The van der Waals surface area contributed by atoms with Gasteiger partial charge in [-0.05, 0) is 303 Å². The van der Waals surface area contributed by atoms with E-state index in [0.717, 1.165) is 142 Å². The van der Waals surface area contributed by atoms with Gasteiger partial charge in [0.15, 0.2) is 0 Å². The molecule has 0 saturated heterocycles. The van der Waals surface area contributed by atoms with Crippen LogP contribution in [0.2, 0.25) is 0 Å². The molecule has 0 amide bonds. The Bertz CT molecular complexity index is 7670. The number of tetrazole rings is 1. The number of hydrogen-bond acceptors (Lipinski definition) is 15. The standard InChI is InChI=1S/C24H21N2.C23H22N3O.C22H23N4O2.C18H17N2O.C18H17N2.C17H16N3O.5Ir/c1-17-10-7-8-15-22(17)26-16-21(23-18(2)11-9-12-19(23)3)25-24(26)20-13-5-4-6-14-20;1-14-11-17(4)22(18(5)12-14)26-13-20(21-15(2)7-6-8-16(21)3)24-23(26)19-9-10-27-25-19;1-12(2)22(27)28-19-10-8-18(9-11-19)21-23-24-25-26(21)20-16(6)14(4)13(3)15(5)17(20)7;1-13-11-16(21-3)12-14(2)17(13)20-10-9-19-18(20)15-7-5-4-6-8-15;1-13-6-4-7-14(2)17(13)15-8-5-9-16(12-15)18-19-10-11-20(18)3;1-12-10-15(21-3)11-13(2)16(12)20-9-8-19-17(20)14-4-6-18-7-5-14;;;;;/h4-13,15-16H,1-3H3;6-8,10-13H,1-5H3;8,10-11H,1H2,2-7H3;4-7,9-12H,1-3H3;4-8,10-12H,1-3H3;4,6-11H,1-3H3;;;;;/q6*-1;;;;;. The van der Waals surface area contributed by atoms with E-state index in [1.807, 2.05) is 121 Å². The van der Waals surface area contributed by atoms with Gasteiger partial charge in [-0.1, -0.05) is 97.1 Å². The van der Waals surface area contributed by atoms with E-state index >= 15 is 0 Å². The van der Waals surface area contributed by atoms with Crippen molar-refractivity contribution in [1.29, 1.82) is 0 Å². The maximum atomic E-state index is 11.7. The fraction of sp³-hybridized carbons (Fsp3) is 0.189. The van der Waals surface area contributed by atoms with Crippen LogP contribution in [0.15, 0.2) is 291 Å². The molecule has 765 valence electrons. The number of rotatable bonds is 18. The minimum Gasteiger partial charge on any atom is -0.497 e. The minimum atomic E-state index is -0.470. The van der Waals surface area contributed by atoms with Crippen molar-refractivity contribution >= 4 is 5.97 Å². The second kappa shape index (κ2) is 52.7. The Hall–Kier alpha value is -13.8. The topological polar surface area (TPSA) is 216 Å². The van der Waals surface area contributed by atoms with E-state index in [1.54, 1.807) is 62.6 Å². The number of imidazole rings is 5. The number of para-hydroxylation sites is 1. The maximum absolute atomic E-state index is 11.7. The maximum Gasteiger partial charge on any atom is 0.329 e. The summed E-state index contributed by atoms with van der Waals surface area (Å²) in [5.41, 5.74) is 40.8. The molecule has 0 aliphatic carbocycles. The van der Waals surface area contributed by atoms with Crippen molar-refractivity contribution in [1.82, 2.24) is 78.1 Å². The van der Waals surface area contributed by atoms with Crippen LogP contribution in [-0.4, -0.2) is 98.3 Å². The van der Waals surface area contributed by atoms with Crippen LogP contribution < -0.4 is 14.2 Å². The summed E-state index contributed by atoms with van der Waals surface area (Å²) in [4.78, 5) is 39.0. The van der Waals surface area contributed by atoms with Crippen molar-refractivity contribution < 1.29 is 124 Å². The van der Waals surface area contributed by atoms with Gasteiger partial charge in [-0.3, -0.25) is 19.9 Å². The van der Waals surface area contributed by atoms with Crippen molar-refractivity contribution in [3.8, 4) is 148 Å². The number of benzene rings is 12. The Balaban J connectivity index is 0.000000181. The molecule has 0 spiro atoms. The molecule has 0 atom stereocenters. The van der Waals surface area contributed by atoms with Crippen LogP contribution in [0.5, 0.6) is 17.2 Å². The van der Waals surface area contributed by atoms with Gasteiger partial charge >= 0.3 is 5.97 Å². The van der Waals surface area contributed by atoms with Gasteiger partial charge in [-0.15, -0.1) is 154 Å². The number of methoxy groups -OCH3 is 2. The molecule has 0 unspecified atom stereocenters.